The molecule has 0 saturated carbocycles. The topological polar surface area (TPSA) is 7.12 Å². The van der Waals surface area contributed by atoms with Crippen LogP contribution in [0.25, 0.3) is 27.1 Å². The van der Waals surface area contributed by atoms with E-state index in [2.05, 4.69) is 90.3 Å². The van der Waals surface area contributed by atoms with Gasteiger partial charge in [-0.15, -0.1) is 0 Å². The van der Waals surface area contributed by atoms with Crippen molar-refractivity contribution in [2.24, 2.45) is 7.05 Å². The van der Waals surface area contributed by atoms with E-state index >= 15 is 0 Å². The summed E-state index contributed by atoms with van der Waals surface area (Å²) in [5, 5.41) is 5.16. The van der Waals surface area contributed by atoms with Gasteiger partial charge in [-0.3, -0.25) is 0 Å². The molecule has 3 aromatic carbocycles. The highest BCUT2D eigenvalue weighted by atomic mass is 32.2. The molecule has 1 aliphatic heterocycles. The molecule has 4 heteroatoms. The first-order valence-electron chi connectivity index (χ1n) is 8.25. The highest BCUT2D eigenvalue weighted by molar-refractivity contribution is 8.03. The van der Waals surface area contributed by atoms with Crippen LogP contribution in [0.5, 0.6) is 0 Å². The van der Waals surface area contributed by atoms with Gasteiger partial charge in [-0.05, 0) is 29.7 Å². The van der Waals surface area contributed by atoms with Gasteiger partial charge in [0.1, 0.15) is 11.7 Å². The Kier molecular flexibility index (Phi) is 3.37. The summed E-state index contributed by atoms with van der Waals surface area (Å²) >= 11 is 3.69. The fourth-order valence-corrected chi connectivity index (χ4v) is 5.70. The van der Waals surface area contributed by atoms with E-state index in [1.807, 2.05) is 23.1 Å². The zero-order valence-corrected chi connectivity index (χ0v) is 15.7. The second-order valence-electron chi connectivity index (χ2n) is 6.24. The van der Waals surface area contributed by atoms with Crippen LogP contribution in [0, 0.1) is 0 Å². The number of aromatic nitrogens is 1. The molecule has 0 saturated heterocycles. The SMILES string of the molecule is CN1/C(=C\c2sc3ccc4ccccc4c3[n+]2C)Sc2ccccc21. The van der Waals surface area contributed by atoms with E-state index in [-0.39, 0.29) is 0 Å². The normalized spacial score (nSPS) is 15.4. The maximum Gasteiger partial charge on any atom is 0.265 e. The average molecular weight is 362 g/mol. The fraction of sp³-hybridized carbons (Fsp3) is 0.0952. The lowest BCUT2D eigenvalue weighted by molar-refractivity contribution is -0.641. The van der Waals surface area contributed by atoms with Gasteiger partial charge in [-0.25, -0.2) is 0 Å². The van der Waals surface area contributed by atoms with Crippen LogP contribution in [0.4, 0.5) is 5.69 Å². The van der Waals surface area contributed by atoms with Crippen LogP contribution < -0.4 is 9.47 Å². The minimum Gasteiger partial charge on any atom is -0.338 e. The van der Waals surface area contributed by atoms with E-state index in [9.17, 15) is 0 Å². The zero-order chi connectivity index (χ0) is 17.0. The Morgan fingerprint density at radius 3 is 2.64 bits per heavy atom. The molecule has 122 valence electrons. The molecule has 0 aliphatic carbocycles. The number of thioether (sulfide) groups is 1. The van der Waals surface area contributed by atoms with Crippen molar-refractivity contribution < 1.29 is 4.57 Å². The molecule has 0 bridgehead atoms. The summed E-state index contributed by atoms with van der Waals surface area (Å²) < 4.78 is 3.66. The Morgan fingerprint density at radius 1 is 0.960 bits per heavy atom. The smallest absolute Gasteiger partial charge is 0.265 e. The third-order valence-corrected chi connectivity index (χ3v) is 7.08. The molecule has 0 amide bonds. The molecule has 0 fully saturated rings. The van der Waals surface area contributed by atoms with Crippen LogP contribution in [0.15, 0.2) is 70.6 Å². The maximum absolute atomic E-state index is 2.33. The van der Waals surface area contributed by atoms with Gasteiger partial charge in [0.15, 0.2) is 0 Å². The van der Waals surface area contributed by atoms with Crippen molar-refractivity contribution in [1.82, 2.24) is 0 Å². The van der Waals surface area contributed by atoms with Crippen molar-refractivity contribution in [3.05, 3.63) is 70.7 Å². The summed E-state index contributed by atoms with van der Waals surface area (Å²) in [5.41, 5.74) is 2.60. The highest BCUT2D eigenvalue weighted by Crippen LogP contribution is 2.45. The summed E-state index contributed by atoms with van der Waals surface area (Å²) in [4.78, 5) is 3.60. The molecule has 0 atom stereocenters. The molecule has 4 aromatic rings. The number of anilines is 1. The summed E-state index contributed by atoms with van der Waals surface area (Å²) in [6, 6.07) is 21.7. The van der Waals surface area contributed by atoms with Crippen molar-refractivity contribution in [2.75, 3.05) is 11.9 Å². The van der Waals surface area contributed by atoms with Crippen molar-refractivity contribution in [3.8, 4) is 0 Å². The predicted molar refractivity (Wildman–Crippen MR) is 109 cm³/mol. The Bertz CT molecular complexity index is 1160. The van der Waals surface area contributed by atoms with Gasteiger partial charge in [-0.1, -0.05) is 59.5 Å². The molecule has 2 heterocycles. The Labute approximate surface area is 155 Å². The van der Waals surface area contributed by atoms with E-state index in [1.165, 1.54) is 41.6 Å². The summed E-state index contributed by atoms with van der Waals surface area (Å²) in [5.74, 6) is 0. The number of thiazole rings is 1. The van der Waals surface area contributed by atoms with Gasteiger partial charge in [0.2, 0.25) is 5.52 Å². The Balaban J connectivity index is 1.67. The van der Waals surface area contributed by atoms with E-state index in [0.717, 1.165) is 0 Å². The molecule has 0 spiro atoms. The van der Waals surface area contributed by atoms with Crippen LogP contribution in [0.1, 0.15) is 5.01 Å². The number of hydrogen-bond acceptors (Lipinski definition) is 3. The molecule has 0 unspecified atom stereocenters. The molecule has 5 rings (SSSR count). The molecule has 0 radical (unpaired) electrons. The molecule has 1 aliphatic rings. The monoisotopic (exact) mass is 361 g/mol. The molecular weight excluding hydrogens is 344 g/mol. The number of fused-ring (bicyclic) bond motifs is 4. The van der Waals surface area contributed by atoms with Crippen molar-refractivity contribution >= 4 is 55.9 Å². The summed E-state index contributed by atoms with van der Waals surface area (Å²) in [6.07, 6.45) is 2.31. The molecule has 1 aromatic heterocycles. The fourth-order valence-electron chi connectivity index (χ4n) is 3.43. The minimum absolute atomic E-state index is 1.27. The number of rotatable bonds is 1. The number of hydrogen-bond donors (Lipinski definition) is 0. The van der Waals surface area contributed by atoms with Gasteiger partial charge in [0.25, 0.3) is 5.01 Å². The van der Waals surface area contributed by atoms with Gasteiger partial charge in [-0.2, -0.15) is 4.57 Å². The lowest BCUT2D eigenvalue weighted by Gasteiger charge is -2.12. The van der Waals surface area contributed by atoms with Gasteiger partial charge in [0.05, 0.1) is 22.2 Å². The average Bonchev–Trinajstić information content (AvgIpc) is 3.13. The first kappa shape index (κ1) is 15.0. The number of aryl methyl sites for hydroxylation is 1. The lowest BCUT2D eigenvalue weighted by Crippen LogP contribution is -2.29. The second kappa shape index (κ2) is 5.61. The number of para-hydroxylation sites is 1. The predicted octanol–water partition coefficient (Wildman–Crippen LogP) is 5.42. The first-order valence-corrected chi connectivity index (χ1v) is 9.88. The van der Waals surface area contributed by atoms with Crippen LogP contribution in [0.3, 0.4) is 0 Å². The first-order chi connectivity index (χ1) is 12.2. The van der Waals surface area contributed by atoms with Gasteiger partial charge in [0, 0.05) is 11.9 Å². The highest BCUT2D eigenvalue weighted by Gasteiger charge is 2.24. The molecule has 25 heavy (non-hydrogen) atoms. The summed E-state index contributed by atoms with van der Waals surface area (Å²) in [7, 11) is 4.32. The van der Waals surface area contributed by atoms with Gasteiger partial charge >= 0.3 is 0 Å². The second-order valence-corrected chi connectivity index (χ2v) is 8.37. The van der Waals surface area contributed by atoms with E-state index in [0.29, 0.717) is 0 Å². The minimum atomic E-state index is 1.27. The van der Waals surface area contributed by atoms with Crippen LogP contribution in [-0.2, 0) is 7.05 Å². The lowest BCUT2D eigenvalue weighted by atomic mass is 10.1. The quantitative estimate of drug-likeness (QED) is 0.418. The third-order valence-electron chi connectivity index (χ3n) is 4.76. The van der Waals surface area contributed by atoms with Crippen LogP contribution in [0.2, 0.25) is 0 Å². The van der Waals surface area contributed by atoms with Crippen LogP contribution >= 0.6 is 23.1 Å². The zero-order valence-electron chi connectivity index (χ0n) is 14.1. The largest absolute Gasteiger partial charge is 0.338 e. The summed E-state index contributed by atoms with van der Waals surface area (Å²) in [6.45, 7) is 0. The Hall–Kier alpha value is -2.30. The van der Waals surface area contributed by atoms with Crippen LogP contribution in [-0.4, -0.2) is 7.05 Å². The Morgan fingerprint density at radius 2 is 1.76 bits per heavy atom. The van der Waals surface area contributed by atoms with E-state index in [1.54, 1.807) is 0 Å². The van der Waals surface area contributed by atoms with Crippen molar-refractivity contribution in [3.63, 3.8) is 0 Å². The molecular formula is C21H17N2S2+. The van der Waals surface area contributed by atoms with E-state index < -0.39 is 0 Å². The maximum atomic E-state index is 2.33. The van der Waals surface area contributed by atoms with E-state index in [4.69, 9.17) is 0 Å². The molecule has 2 nitrogen and oxygen atoms in total. The van der Waals surface area contributed by atoms with Crippen molar-refractivity contribution in [1.29, 1.82) is 0 Å². The van der Waals surface area contributed by atoms with Crippen molar-refractivity contribution in [2.45, 2.75) is 4.90 Å². The standard InChI is InChI=1S/C21H17N2S2/c1-22-16-9-5-6-10-17(16)24-19(22)13-20-23(2)21-15-8-4-3-7-14(15)11-12-18(21)25-20/h3-13H,1-2H3/q+1. The molecule has 0 N–H and O–H groups in total. The number of nitrogens with zero attached hydrogens (tertiary/aromatic N) is 2. The number of benzene rings is 3. The third kappa shape index (κ3) is 2.29. The van der Waals surface area contributed by atoms with Gasteiger partial charge < -0.3 is 4.90 Å².